The molecule has 0 aliphatic heterocycles. The summed E-state index contributed by atoms with van der Waals surface area (Å²) in [4.78, 5) is 20.5. The van der Waals surface area contributed by atoms with Crippen LogP contribution in [0.3, 0.4) is 0 Å². The van der Waals surface area contributed by atoms with Crippen molar-refractivity contribution in [3.05, 3.63) is 48.4 Å². The molecular formula is C29H39F3N4O4Si. The van der Waals surface area contributed by atoms with Gasteiger partial charge in [-0.3, -0.25) is 4.79 Å². The average Bonchev–Trinajstić information content (AvgIpc) is 3.29. The summed E-state index contributed by atoms with van der Waals surface area (Å²) in [6.07, 6.45) is -3.04. The number of rotatable bonds is 11. The minimum Gasteiger partial charge on any atom is -0.476 e. The van der Waals surface area contributed by atoms with Crippen molar-refractivity contribution < 1.29 is 32.2 Å². The van der Waals surface area contributed by atoms with Gasteiger partial charge in [-0.15, -0.1) is 5.10 Å². The highest BCUT2D eigenvalue weighted by molar-refractivity contribution is 6.76. The zero-order valence-corrected chi connectivity index (χ0v) is 25.9. The molecule has 0 N–H and O–H groups in total. The van der Waals surface area contributed by atoms with Gasteiger partial charge >= 0.3 is 12.1 Å². The summed E-state index contributed by atoms with van der Waals surface area (Å²) < 4.78 is 58.1. The van der Waals surface area contributed by atoms with Crippen molar-refractivity contribution in [3.8, 4) is 28.4 Å². The summed E-state index contributed by atoms with van der Waals surface area (Å²) >= 11 is 0. The van der Waals surface area contributed by atoms with E-state index in [1.165, 1.54) is 0 Å². The Labute approximate surface area is 240 Å². The van der Waals surface area contributed by atoms with Crippen LogP contribution in [0.15, 0.2) is 42.6 Å². The highest BCUT2D eigenvalue weighted by Crippen LogP contribution is 2.30. The number of hydrogen-bond acceptors (Lipinski definition) is 7. The summed E-state index contributed by atoms with van der Waals surface area (Å²) in [5.41, 5.74) is 0.594. The van der Waals surface area contributed by atoms with Crippen molar-refractivity contribution in [2.24, 2.45) is 5.41 Å². The van der Waals surface area contributed by atoms with Crippen molar-refractivity contribution in [1.82, 2.24) is 19.7 Å². The molecule has 224 valence electrons. The van der Waals surface area contributed by atoms with Crippen molar-refractivity contribution in [2.75, 3.05) is 13.2 Å². The highest BCUT2D eigenvalue weighted by atomic mass is 28.3. The number of benzene rings is 1. The van der Waals surface area contributed by atoms with E-state index < -0.39 is 31.1 Å². The van der Waals surface area contributed by atoms with Gasteiger partial charge in [0, 0.05) is 38.1 Å². The van der Waals surface area contributed by atoms with Gasteiger partial charge in [-0.25, -0.2) is 14.6 Å². The van der Waals surface area contributed by atoms with Gasteiger partial charge in [-0.1, -0.05) is 43.9 Å². The van der Waals surface area contributed by atoms with Gasteiger partial charge in [0.05, 0.1) is 5.41 Å². The maximum absolute atomic E-state index is 13.4. The topological polar surface area (TPSA) is 88.4 Å². The van der Waals surface area contributed by atoms with E-state index in [1.54, 1.807) is 50.4 Å². The zero-order chi connectivity index (χ0) is 30.6. The maximum atomic E-state index is 13.4. The lowest BCUT2D eigenvalue weighted by Crippen LogP contribution is -2.37. The average molecular weight is 593 g/mol. The van der Waals surface area contributed by atoms with Crippen LogP contribution in [-0.2, 0) is 27.2 Å². The van der Waals surface area contributed by atoms with Gasteiger partial charge in [0.2, 0.25) is 5.88 Å². The number of pyridine rings is 1. The van der Waals surface area contributed by atoms with Crippen molar-refractivity contribution in [3.63, 3.8) is 0 Å². The Balaban J connectivity index is 1.70. The molecule has 12 heteroatoms. The van der Waals surface area contributed by atoms with Crippen molar-refractivity contribution >= 4 is 14.0 Å². The first-order valence-electron chi connectivity index (χ1n) is 13.4. The highest BCUT2D eigenvalue weighted by Gasteiger charge is 2.37. The Morgan fingerprint density at radius 1 is 0.927 bits per heavy atom. The molecule has 0 spiro atoms. The van der Waals surface area contributed by atoms with Crippen LogP contribution in [0.1, 0.15) is 40.4 Å². The first-order chi connectivity index (χ1) is 18.8. The van der Waals surface area contributed by atoms with Gasteiger partial charge in [-0.05, 0) is 52.3 Å². The molecule has 0 saturated carbocycles. The van der Waals surface area contributed by atoms with E-state index in [-0.39, 0.29) is 25.1 Å². The number of esters is 1. The SMILES string of the molecule is CC(C)(C)OC(=O)C(C)(C)COc1ccc(-c2ccc(-c3nc(C(F)(F)F)nn3COCC[Si](C)(C)C)cc2)cn1. The molecule has 0 unspecified atom stereocenters. The van der Waals surface area contributed by atoms with Crippen molar-refractivity contribution in [2.45, 2.75) is 78.8 Å². The van der Waals surface area contributed by atoms with Crippen LogP contribution in [0.4, 0.5) is 13.2 Å². The molecule has 0 fully saturated rings. The predicted molar refractivity (Wildman–Crippen MR) is 153 cm³/mol. The number of nitrogens with zero attached hydrogens (tertiary/aromatic N) is 4. The molecule has 0 saturated heterocycles. The lowest BCUT2D eigenvalue weighted by atomic mass is 9.94. The smallest absolute Gasteiger partial charge is 0.453 e. The first-order valence-corrected chi connectivity index (χ1v) is 17.1. The van der Waals surface area contributed by atoms with E-state index in [1.807, 2.05) is 26.8 Å². The number of hydrogen-bond donors (Lipinski definition) is 0. The number of halogens is 3. The van der Waals surface area contributed by atoms with E-state index in [0.29, 0.717) is 18.1 Å². The van der Waals surface area contributed by atoms with Gasteiger partial charge in [-0.2, -0.15) is 13.2 Å². The van der Waals surface area contributed by atoms with E-state index in [2.05, 4.69) is 34.7 Å². The van der Waals surface area contributed by atoms with E-state index >= 15 is 0 Å². The molecule has 1 aromatic carbocycles. The van der Waals surface area contributed by atoms with Crippen LogP contribution in [0.5, 0.6) is 5.88 Å². The van der Waals surface area contributed by atoms with Crippen LogP contribution in [0.25, 0.3) is 22.5 Å². The van der Waals surface area contributed by atoms with Crippen LogP contribution in [0.2, 0.25) is 25.7 Å². The largest absolute Gasteiger partial charge is 0.476 e. The molecule has 0 amide bonds. The third-order valence-electron chi connectivity index (χ3n) is 5.88. The Kier molecular flexibility index (Phi) is 9.69. The molecule has 0 radical (unpaired) electrons. The van der Waals surface area contributed by atoms with E-state index in [4.69, 9.17) is 14.2 Å². The summed E-state index contributed by atoms with van der Waals surface area (Å²) in [5.74, 6) is -1.15. The molecule has 2 heterocycles. The normalized spacial score (nSPS) is 12.9. The fraction of sp³-hybridized carbons (Fsp3) is 0.517. The summed E-state index contributed by atoms with van der Waals surface area (Å²) in [6.45, 7) is 15.9. The van der Waals surface area contributed by atoms with Gasteiger partial charge in [0.15, 0.2) is 5.82 Å². The quantitative estimate of drug-likeness (QED) is 0.133. The molecule has 0 aliphatic carbocycles. The standard InChI is InChI=1S/C29H39F3N4O4Si/c1-27(2,3)40-26(37)28(4,5)18-39-23-14-13-22(17-33-23)20-9-11-21(12-10-20)24-34-25(29(30,31)32)35-36(24)19-38-15-16-41(6,7)8/h9-14,17H,15-16,18-19H2,1-8H3. The number of carbonyl (C=O) groups is 1. The Morgan fingerprint density at radius 3 is 2.07 bits per heavy atom. The third kappa shape index (κ3) is 9.67. The molecule has 0 aliphatic rings. The van der Waals surface area contributed by atoms with Gasteiger partial charge < -0.3 is 14.2 Å². The number of alkyl halides is 3. The second kappa shape index (κ2) is 12.3. The van der Waals surface area contributed by atoms with Crippen LogP contribution in [-0.4, -0.2) is 52.6 Å². The lowest BCUT2D eigenvalue weighted by molar-refractivity contribution is -0.167. The predicted octanol–water partition coefficient (Wildman–Crippen LogP) is 7.08. The second-order valence-corrected chi connectivity index (χ2v) is 18.4. The fourth-order valence-electron chi connectivity index (χ4n) is 3.47. The molecule has 3 aromatic rings. The number of carbonyl (C=O) groups excluding carboxylic acids is 1. The monoisotopic (exact) mass is 592 g/mol. The minimum absolute atomic E-state index is 0.0753. The Morgan fingerprint density at radius 2 is 1.54 bits per heavy atom. The summed E-state index contributed by atoms with van der Waals surface area (Å²) in [5, 5.41) is 3.66. The first kappa shape index (κ1) is 32.3. The molecule has 0 atom stereocenters. The zero-order valence-electron chi connectivity index (χ0n) is 24.9. The Bertz CT molecular complexity index is 1310. The molecule has 41 heavy (non-hydrogen) atoms. The third-order valence-corrected chi connectivity index (χ3v) is 7.58. The van der Waals surface area contributed by atoms with E-state index in [9.17, 15) is 18.0 Å². The molecule has 8 nitrogen and oxygen atoms in total. The summed E-state index contributed by atoms with van der Waals surface area (Å²) in [7, 11) is -1.35. The molecule has 0 bridgehead atoms. The number of aromatic nitrogens is 4. The Hall–Kier alpha value is -3.25. The number of ether oxygens (including phenoxy) is 3. The van der Waals surface area contributed by atoms with E-state index in [0.717, 1.165) is 21.9 Å². The minimum atomic E-state index is -4.67. The van der Waals surface area contributed by atoms with Gasteiger partial charge in [0.25, 0.3) is 5.82 Å². The second-order valence-electron chi connectivity index (χ2n) is 12.7. The molecule has 2 aromatic heterocycles. The molecular weight excluding hydrogens is 553 g/mol. The fourth-order valence-corrected chi connectivity index (χ4v) is 4.23. The lowest BCUT2D eigenvalue weighted by Gasteiger charge is -2.28. The molecule has 3 rings (SSSR count). The van der Waals surface area contributed by atoms with Crippen molar-refractivity contribution in [1.29, 1.82) is 0 Å². The summed E-state index contributed by atoms with van der Waals surface area (Å²) in [6, 6.07) is 11.3. The van der Waals surface area contributed by atoms with Gasteiger partial charge in [0.1, 0.15) is 18.9 Å². The van der Waals surface area contributed by atoms with Crippen LogP contribution >= 0.6 is 0 Å². The van der Waals surface area contributed by atoms with Crippen LogP contribution in [0, 0.1) is 5.41 Å². The van der Waals surface area contributed by atoms with Crippen LogP contribution < -0.4 is 4.74 Å². The maximum Gasteiger partial charge on any atom is 0.453 e.